The van der Waals surface area contributed by atoms with Crippen LogP contribution in [0.3, 0.4) is 0 Å². The average molecular weight is 605 g/mol. The van der Waals surface area contributed by atoms with E-state index in [1.54, 1.807) is 30.6 Å². The van der Waals surface area contributed by atoms with Gasteiger partial charge in [0.25, 0.3) is 0 Å². The van der Waals surface area contributed by atoms with Crippen molar-refractivity contribution in [3.8, 4) is 5.75 Å². The number of ether oxygens (including phenoxy) is 1. The number of primary amides is 1. The van der Waals surface area contributed by atoms with Crippen LogP contribution in [0.2, 0.25) is 5.02 Å². The number of amides is 2. The van der Waals surface area contributed by atoms with Gasteiger partial charge in [0.15, 0.2) is 0 Å². The van der Waals surface area contributed by atoms with E-state index < -0.39 is 11.9 Å². The van der Waals surface area contributed by atoms with Crippen LogP contribution >= 0.6 is 11.6 Å². The van der Waals surface area contributed by atoms with E-state index in [2.05, 4.69) is 19.9 Å². The molecule has 2 aromatic carbocycles. The maximum absolute atomic E-state index is 13.3. The Morgan fingerprint density at radius 2 is 1.90 bits per heavy atom. The number of nitrogens with zero attached hydrogens (tertiary/aromatic N) is 3. The Morgan fingerprint density at radius 3 is 2.67 bits per heavy atom. The van der Waals surface area contributed by atoms with Crippen LogP contribution in [-0.4, -0.2) is 54.8 Å². The zero-order valence-electron chi connectivity index (χ0n) is 21.2. The number of hydrogen-bond acceptors (Lipinski definition) is 5. The van der Waals surface area contributed by atoms with Crippen molar-refractivity contribution < 1.29 is 14.3 Å². The van der Waals surface area contributed by atoms with Gasteiger partial charge >= 0.3 is 228 Å². The van der Waals surface area contributed by atoms with Gasteiger partial charge in [-0.2, -0.15) is 0 Å². The minimum absolute atomic E-state index is 0.122. The molecule has 39 heavy (non-hydrogen) atoms. The number of pyridine rings is 1. The summed E-state index contributed by atoms with van der Waals surface area (Å²) >= 11 is 5.84. The Kier molecular flexibility index (Phi) is 8.64. The van der Waals surface area contributed by atoms with E-state index in [0.29, 0.717) is 27.6 Å². The van der Waals surface area contributed by atoms with E-state index in [9.17, 15) is 9.59 Å². The predicted octanol–water partition coefficient (Wildman–Crippen LogP) is 3.53. The number of fused-ring (bicyclic) bond motifs is 1. The van der Waals surface area contributed by atoms with E-state index in [1.807, 2.05) is 48.9 Å². The number of para-hydroxylation sites is 1. The van der Waals surface area contributed by atoms with Crippen molar-refractivity contribution in [3.63, 3.8) is 0 Å². The molecule has 2 unspecified atom stereocenters. The third kappa shape index (κ3) is 6.70. The SMILES string of the molecule is NC(=O)C(Cc1ccc(Cl)cc1)NC(=O)c1cccc2c1OCCC2[As]Cc1cncn1Cc1ccncc1. The summed E-state index contributed by atoms with van der Waals surface area (Å²) in [5.41, 5.74) is 10.3. The molecule has 0 bridgehead atoms. The topological polar surface area (TPSA) is 112 Å². The van der Waals surface area contributed by atoms with Gasteiger partial charge < -0.3 is 0 Å². The number of halogens is 1. The van der Waals surface area contributed by atoms with E-state index in [4.69, 9.17) is 22.1 Å². The van der Waals surface area contributed by atoms with Gasteiger partial charge in [-0.1, -0.05) is 11.6 Å². The molecular weight excluding hydrogens is 577 g/mol. The third-order valence-corrected chi connectivity index (χ3v) is 10.0. The summed E-state index contributed by atoms with van der Waals surface area (Å²) in [7, 11) is 0. The first-order valence-electron chi connectivity index (χ1n) is 12.6. The van der Waals surface area contributed by atoms with Crippen LogP contribution < -0.4 is 15.8 Å². The van der Waals surface area contributed by atoms with Crippen molar-refractivity contribution in [2.75, 3.05) is 6.61 Å². The molecule has 2 atom stereocenters. The minimum atomic E-state index is -0.860. The second-order valence-corrected chi connectivity index (χ2v) is 12.5. The van der Waals surface area contributed by atoms with Crippen LogP contribution in [0.25, 0.3) is 0 Å². The molecule has 1 radical (unpaired) electrons. The molecule has 3 heterocycles. The van der Waals surface area contributed by atoms with Gasteiger partial charge in [0.05, 0.1) is 0 Å². The molecule has 5 rings (SSSR count). The van der Waals surface area contributed by atoms with Crippen molar-refractivity contribution in [2.45, 2.75) is 35.3 Å². The second-order valence-electron chi connectivity index (χ2n) is 9.34. The Hall–Kier alpha value is -3.61. The fourth-order valence-electron chi connectivity index (χ4n) is 4.60. The zero-order valence-corrected chi connectivity index (χ0v) is 23.8. The number of carbonyl (C=O) groups is 2. The molecule has 2 aromatic heterocycles. The number of imidazole rings is 1. The van der Waals surface area contributed by atoms with Gasteiger partial charge in [-0.05, 0) is 0 Å². The van der Waals surface area contributed by atoms with Gasteiger partial charge in [-0.15, -0.1) is 0 Å². The Balaban J connectivity index is 1.28. The van der Waals surface area contributed by atoms with Crippen molar-refractivity contribution >= 4 is 39.2 Å². The van der Waals surface area contributed by atoms with Crippen molar-refractivity contribution in [3.05, 3.63) is 112 Å². The van der Waals surface area contributed by atoms with Crippen LogP contribution in [0, 0.1) is 0 Å². The van der Waals surface area contributed by atoms with Crippen LogP contribution in [-0.2, 0) is 23.0 Å². The maximum atomic E-state index is 13.3. The number of hydrogen-bond donors (Lipinski definition) is 2. The number of aromatic nitrogens is 3. The molecular formula is C29H28AsClN5O3. The number of nitrogens with one attached hydrogen (secondary N) is 1. The van der Waals surface area contributed by atoms with Crippen molar-refractivity contribution in [2.24, 2.45) is 5.73 Å². The molecule has 3 N–H and O–H groups in total. The van der Waals surface area contributed by atoms with Crippen LogP contribution in [0.4, 0.5) is 0 Å². The van der Waals surface area contributed by atoms with Crippen LogP contribution in [0.1, 0.15) is 43.9 Å². The second kappa shape index (κ2) is 12.5. The quantitative estimate of drug-likeness (QED) is 0.269. The van der Waals surface area contributed by atoms with Gasteiger partial charge in [-0.3, -0.25) is 0 Å². The summed E-state index contributed by atoms with van der Waals surface area (Å²) in [6.07, 6.45) is 8.58. The van der Waals surface area contributed by atoms with Gasteiger partial charge in [0.2, 0.25) is 0 Å². The van der Waals surface area contributed by atoms with Crippen molar-refractivity contribution in [1.82, 2.24) is 19.9 Å². The average Bonchev–Trinajstić information content (AvgIpc) is 3.39. The van der Waals surface area contributed by atoms with Crippen molar-refractivity contribution in [1.29, 1.82) is 0 Å². The molecule has 1 aliphatic rings. The summed E-state index contributed by atoms with van der Waals surface area (Å²) in [6.45, 7) is 1.29. The molecule has 2 amide bonds. The zero-order chi connectivity index (χ0) is 27.2. The molecule has 4 aromatic rings. The molecule has 1 aliphatic heterocycles. The van der Waals surface area contributed by atoms with Gasteiger partial charge in [0, 0.05) is 0 Å². The number of rotatable bonds is 10. The normalized spacial score (nSPS) is 15.5. The first-order chi connectivity index (χ1) is 19.0. The summed E-state index contributed by atoms with van der Waals surface area (Å²) in [6, 6.07) is 15.9. The summed E-state index contributed by atoms with van der Waals surface area (Å²) in [5.74, 6) is -0.381. The van der Waals surface area contributed by atoms with Gasteiger partial charge in [0.1, 0.15) is 0 Å². The van der Waals surface area contributed by atoms with E-state index in [1.165, 1.54) is 11.3 Å². The third-order valence-electron chi connectivity index (χ3n) is 6.66. The summed E-state index contributed by atoms with van der Waals surface area (Å²) < 4.78 is 8.52. The fraction of sp³-hybridized carbons (Fsp3) is 0.241. The standard InChI is InChI=1S/C29H28AsClN5O3/c31-21-6-4-19(5-7-21)14-26(28(32)37)35-29(38)24-3-1-2-23-25(10-13-39-27(23)24)30-15-22-16-34-18-36(22)17-20-8-11-33-12-9-20/h1-9,11-12,16,18,25-26H,10,13-15,17H2,(H2,32,37)(H,35,38). The van der Waals surface area contributed by atoms with E-state index in [-0.39, 0.29) is 28.1 Å². The van der Waals surface area contributed by atoms with Crippen LogP contribution in [0.5, 0.6) is 5.75 Å². The molecule has 0 saturated carbocycles. The fourth-order valence-corrected chi connectivity index (χ4v) is 7.58. The molecule has 10 heteroatoms. The first kappa shape index (κ1) is 27.0. The Morgan fingerprint density at radius 1 is 1.10 bits per heavy atom. The molecule has 0 spiro atoms. The molecule has 8 nitrogen and oxygen atoms in total. The molecule has 0 fully saturated rings. The first-order valence-corrected chi connectivity index (χ1v) is 15.4. The monoisotopic (exact) mass is 604 g/mol. The van der Waals surface area contributed by atoms with Crippen LogP contribution in [0.15, 0.2) is 79.5 Å². The van der Waals surface area contributed by atoms with E-state index in [0.717, 1.165) is 29.3 Å². The summed E-state index contributed by atoms with van der Waals surface area (Å²) in [5, 5.41) is 4.35. The number of carbonyl (C=O) groups excluding carboxylic acids is 2. The van der Waals surface area contributed by atoms with Gasteiger partial charge in [-0.25, -0.2) is 0 Å². The predicted molar refractivity (Wildman–Crippen MR) is 150 cm³/mol. The van der Waals surface area contributed by atoms with E-state index >= 15 is 0 Å². The molecule has 199 valence electrons. The molecule has 0 aliphatic carbocycles. The summed E-state index contributed by atoms with van der Waals surface area (Å²) in [4.78, 5) is 34.0. The molecule has 0 saturated heterocycles. The number of nitrogens with two attached hydrogens (primary N) is 1. The Bertz CT molecular complexity index is 1450. The number of benzene rings is 2. The Labute approximate surface area is 238 Å².